The van der Waals surface area contributed by atoms with Crippen LogP contribution in [0.4, 0.5) is 0 Å². The van der Waals surface area contributed by atoms with Crippen molar-refractivity contribution in [1.82, 2.24) is 4.90 Å². The summed E-state index contributed by atoms with van der Waals surface area (Å²) in [5, 5.41) is 8.54. The van der Waals surface area contributed by atoms with Gasteiger partial charge in [0.05, 0.1) is 32.8 Å². The minimum absolute atomic E-state index is 0.0297. The van der Waals surface area contributed by atoms with Crippen molar-refractivity contribution in [3.63, 3.8) is 0 Å². The van der Waals surface area contributed by atoms with Gasteiger partial charge in [-0.15, -0.1) is 0 Å². The number of carboxylic acid groups (broad SMARTS) is 1. The van der Waals surface area contributed by atoms with E-state index in [1.54, 1.807) is 0 Å². The molecule has 0 saturated heterocycles. The van der Waals surface area contributed by atoms with E-state index in [2.05, 4.69) is 53.4 Å². The normalized spacial score (nSPS) is 11.0. The Morgan fingerprint density at radius 2 is 1.27 bits per heavy atom. The zero-order valence-electron chi connectivity index (χ0n) is 15.0. The predicted octanol–water partition coefficient (Wildman–Crippen LogP) is 3.20. The summed E-state index contributed by atoms with van der Waals surface area (Å²) in [5.41, 5.74) is 2.56. The lowest BCUT2D eigenvalue weighted by atomic mass is 10.1. The van der Waals surface area contributed by atoms with Crippen molar-refractivity contribution in [3.8, 4) is 0 Å². The Morgan fingerprint density at radius 3 is 1.77 bits per heavy atom. The predicted molar refractivity (Wildman–Crippen MR) is 101 cm³/mol. The number of ether oxygens (including phenoxy) is 2. The minimum atomic E-state index is -0.844. The molecule has 0 aliphatic heterocycles. The fourth-order valence-corrected chi connectivity index (χ4v) is 2.57. The van der Waals surface area contributed by atoms with Crippen molar-refractivity contribution >= 4 is 5.97 Å². The maximum Gasteiger partial charge on any atom is 0.305 e. The zero-order valence-corrected chi connectivity index (χ0v) is 15.0. The van der Waals surface area contributed by atoms with Gasteiger partial charge in [-0.3, -0.25) is 9.69 Å². The number of benzene rings is 2. The van der Waals surface area contributed by atoms with Crippen LogP contribution in [0.2, 0.25) is 0 Å². The molecule has 0 atom stereocenters. The number of rotatable bonds is 13. The van der Waals surface area contributed by atoms with E-state index >= 15 is 0 Å². The molecule has 0 amide bonds. The van der Waals surface area contributed by atoms with Gasteiger partial charge in [0.2, 0.25) is 0 Å². The highest BCUT2D eigenvalue weighted by molar-refractivity contribution is 5.66. The number of hydrogen-bond acceptors (Lipinski definition) is 4. The summed E-state index contributed by atoms with van der Waals surface area (Å²) in [6.45, 7) is 4.30. The molecule has 5 nitrogen and oxygen atoms in total. The summed E-state index contributed by atoms with van der Waals surface area (Å²) in [6, 6.07) is 20.8. The average Bonchev–Trinajstić information content (AvgIpc) is 2.65. The Kier molecular flexibility index (Phi) is 9.43. The Labute approximate surface area is 155 Å². The molecule has 0 aliphatic rings. The molecular formula is C21H27NO4. The third-order valence-electron chi connectivity index (χ3n) is 3.88. The summed E-state index contributed by atoms with van der Waals surface area (Å²) in [7, 11) is 0. The number of carboxylic acids is 1. The van der Waals surface area contributed by atoms with Gasteiger partial charge in [0.1, 0.15) is 0 Å². The lowest BCUT2D eigenvalue weighted by Crippen LogP contribution is -2.27. The van der Waals surface area contributed by atoms with E-state index in [4.69, 9.17) is 14.6 Å². The Bertz CT molecular complexity index is 577. The molecule has 0 heterocycles. The minimum Gasteiger partial charge on any atom is -0.481 e. The van der Waals surface area contributed by atoms with Crippen LogP contribution in [-0.4, -0.2) is 48.9 Å². The largest absolute Gasteiger partial charge is 0.481 e. The van der Waals surface area contributed by atoms with Crippen molar-refractivity contribution in [2.75, 3.05) is 33.0 Å². The van der Waals surface area contributed by atoms with Crippen LogP contribution >= 0.6 is 0 Å². The Morgan fingerprint density at radius 1 is 0.769 bits per heavy atom. The van der Waals surface area contributed by atoms with Crippen LogP contribution in [0.1, 0.15) is 17.5 Å². The van der Waals surface area contributed by atoms with E-state index in [0.29, 0.717) is 19.8 Å². The molecule has 2 rings (SSSR count). The second kappa shape index (κ2) is 12.2. The van der Waals surface area contributed by atoms with E-state index in [9.17, 15) is 4.79 Å². The van der Waals surface area contributed by atoms with Crippen LogP contribution in [0.25, 0.3) is 0 Å². The highest BCUT2D eigenvalue weighted by atomic mass is 16.5. The van der Waals surface area contributed by atoms with Gasteiger partial charge in [0.25, 0.3) is 0 Å². The third kappa shape index (κ3) is 8.76. The molecule has 0 radical (unpaired) electrons. The van der Waals surface area contributed by atoms with Gasteiger partial charge in [-0.2, -0.15) is 0 Å². The van der Waals surface area contributed by atoms with Crippen LogP contribution in [0.5, 0.6) is 0 Å². The molecule has 5 heteroatoms. The first-order chi connectivity index (χ1) is 12.7. The van der Waals surface area contributed by atoms with E-state index in [-0.39, 0.29) is 13.0 Å². The highest BCUT2D eigenvalue weighted by Gasteiger charge is 2.07. The third-order valence-corrected chi connectivity index (χ3v) is 3.88. The maximum atomic E-state index is 10.4. The van der Waals surface area contributed by atoms with Crippen molar-refractivity contribution < 1.29 is 19.4 Å². The monoisotopic (exact) mass is 357 g/mol. The number of hydrogen-bond donors (Lipinski definition) is 1. The fourth-order valence-electron chi connectivity index (χ4n) is 2.57. The molecule has 140 valence electrons. The second-order valence-electron chi connectivity index (χ2n) is 6.05. The van der Waals surface area contributed by atoms with Crippen LogP contribution < -0.4 is 0 Å². The molecule has 0 saturated carbocycles. The van der Waals surface area contributed by atoms with E-state index in [0.717, 1.165) is 19.6 Å². The number of aliphatic carboxylic acids is 1. The summed E-state index contributed by atoms with van der Waals surface area (Å²) >= 11 is 0. The molecule has 2 aromatic carbocycles. The first kappa shape index (κ1) is 20.1. The van der Waals surface area contributed by atoms with Gasteiger partial charge in [-0.05, 0) is 11.1 Å². The van der Waals surface area contributed by atoms with Crippen molar-refractivity contribution in [3.05, 3.63) is 71.8 Å². The van der Waals surface area contributed by atoms with Crippen LogP contribution in [0.15, 0.2) is 60.7 Å². The fraction of sp³-hybridized carbons (Fsp3) is 0.381. The quantitative estimate of drug-likeness (QED) is 0.558. The van der Waals surface area contributed by atoms with Crippen LogP contribution in [0, 0.1) is 0 Å². The number of carbonyl (C=O) groups is 1. The first-order valence-electron chi connectivity index (χ1n) is 8.91. The van der Waals surface area contributed by atoms with Crippen LogP contribution in [0.3, 0.4) is 0 Å². The molecule has 0 bridgehead atoms. The van der Waals surface area contributed by atoms with E-state index < -0.39 is 5.97 Å². The van der Waals surface area contributed by atoms with Gasteiger partial charge in [-0.1, -0.05) is 60.7 Å². The molecular weight excluding hydrogens is 330 g/mol. The van der Waals surface area contributed by atoms with E-state index in [1.165, 1.54) is 11.1 Å². The summed E-state index contributed by atoms with van der Waals surface area (Å²) in [5.74, 6) is -0.844. The molecule has 26 heavy (non-hydrogen) atoms. The van der Waals surface area contributed by atoms with Gasteiger partial charge in [0.15, 0.2) is 0 Å². The molecule has 0 unspecified atom stereocenters. The first-order valence-corrected chi connectivity index (χ1v) is 8.91. The standard InChI is InChI=1S/C21H27NO4/c23-21(24)11-13-25-15-16-26-14-12-22(17-19-7-3-1-4-8-19)18-20-9-5-2-6-10-20/h1-10H,11-18H2,(H,23,24). The lowest BCUT2D eigenvalue weighted by molar-refractivity contribution is -0.138. The van der Waals surface area contributed by atoms with Gasteiger partial charge >= 0.3 is 5.97 Å². The lowest BCUT2D eigenvalue weighted by Gasteiger charge is -2.22. The van der Waals surface area contributed by atoms with Crippen LogP contribution in [-0.2, 0) is 27.4 Å². The molecule has 2 aromatic rings. The molecule has 0 aliphatic carbocycles. The highest BCUT2D eigenvalue weighted by Crippen LogP contribution is 2.09. The topological polar surface area (TPSA) is 59.0 Å². The second-order valence-corrected chi connectivity index (χ2v) is 6.05. The average molecular weight is 357 g/mol. The number of nitrogens with zero attached hydrogens (tertiary/aromatic N) is 1. The van der Waals surface area contributed by atoms with E-state index in [1.807, 2.05) is 12.1 Å². The Balaban J connectivity index is 1.72. The summed E-state index contributed by atoms with van der Waals surface area (Å²) in [4.78, 5) is 12.7. The van der Waals surface area contributed by atoms with Gasteiger partial charge in [-0.25, -0.2) is 0 Å². The SMILES string of the molecule is O=C(O)CCOCCOCCN(Cc1ccccc1)Cc1ccccc1. The van der Waals surface area contributed by atoms with Gasteiger partial charge in [0, 0.05) is 19.6 Å². The molecule has 0 fully saturated rings. The molecule has 0 spiro atoms. The van der Waals surface area contributed by atoms with Gasteiger partial charge < -0.3 is 14.6 Å². The van der Waals surface area contributed by atoms with Crippen molar-refractivity contribution in [2.24, 2.45) is 0 Å². The van der Waals surface area contributed by atoms with Crippen molar-refractivity contribution in [2.45, 2.75) is 19.5 Å². The van der Waals surface area contributed by atoms with Crippen molar-refractivity contribution in [1.29, 1.82) is 0 Å². The molecule has 1 N–H and O–H groups in total. The molecule has 0 aromatic heterocycles. The summed E-state index contributed by atoms with van der Waals surface area (Å²) < 4.78 is 10.9. The Hall–Kier alpha value is -2.21. The zero-order chi connectivity index (χ0) is 18.5. The summed E-state index contributed by atoms with van der Waals surface area (Å²) in [6.07, 6.45) is 0.0297. The smallest absolute Gasteiger partial charge is 0.305 e. The maximum absolute atomic E-state index is 10.4.